The first-order chi connectivity index (χ1) is 18.9. The Labute approximate surface area is 230 Å². The number of hydrogen-bond donors (Lipinski definition) is 3. The summed E-state index contributed by atoms with van der Waals surface area (Å²) in [5, 5.41) is 22.0. The van der Waals surface area contributed by atoms with Gasteiger partial charge < -0.3 is 39.3 Å². The second kappa shape index (κ2) is 11.7. The SMILES string of the molecule is CO[C@@H]1[C@@H](OC(N)=O)[C@@H](O)[C@H](Oc2ccc3c(O)c(CC(=O)CCc4ccccc4)c(=O)oc3c2C)OC1(C)C. The maximum absolute atomic E-state index is 12.8. The predicted molar refractivity (Wildman–Crippen MR) is 143 cm³/mol. The molecule has 2 aromatic carbocycles. The van der Waals surface area contributed by atoms with Gasteiger partial charge in [-0.15, -0.1) is 0 Å². The van der Waals surface area contributed by atoms with Crippen molar-refractivity contribution in [2.24, 2.45) is 5.73 Å². The van der Waals surface area contributed by atoms with E-state index < -0.39 is 41.9 Å². The van der Waals surface area contributed by atoms with Crippen LogP contribution in [0.1, 0.15) is 37.0 Å². The lowest BCUT2D eigenvalue weighted by molar-refractivity contribution is -0.304. The number of benzene rings is 2. The van der Waals surface area contributed by atoms with E-state index in [1.165, 1.54) is 19.2 Å². The molecule has 0 bridgehead atoms. The van der Waals surface area contributed by atoms with E-state index in [0.717, 1.165) is 5.56 Å². The smallest absolute Gasteiger partial charge is 0.404 e. The van der Waals surface area contributed by atoms with Crippen LogP contribution in [-0.4, -0.2) is 59.4 Å². The summed E-state index contributed by atoms with van der Waals surface area (Å²) >= 11 is 0. The standard InChI is InChI=1S/C29H33NO10/c1-15-20(37-27-22(33)24(39-28(30)35)25(36-4)29(2,3)40-27)13-12-18-21(32)19(26(34)38-23(15)18)14-17(31)11-10-16-8-6-5-7-9-16/h5-9,12-13,22,24-25,27,32-33H,10-11,14H2,1-4H3,(H2,30,35)/t22-,24+,25-,27-/m1/s1. The van der Waals surface area contributed by atoms with Crippen LogP contribution in [0.2, 0.25) is 0 Å². The van der Waals surface area contributed by atoms with Gasteiger partial charge in [0, 0.05) is 25.5 Å². The number of hydrogen-bond acceptors (Lipinski definition) is 10. The number of Topliss-reactive ketones (excluding diaryl/α,β-unsaturated/α-hetero) is 1. The molecule has 11 heteroatoms. The minimum absolute atomic E-state index is 0.0461. The molecule has 0 unspecified atom stereocenters. The number of amides is 1. The molecular weight excluding hydrogens is 522 g/mol. The van der Waals surface area contributed by atoms with Crippen LogP contribution >= 0.6 is 0 Å². The maximum atomic E-state index is 12.8. The van der Waals surface area contributed by atoms with Gasteiger partial charge in [0.1, 0.15) is 29.0 Å². The lowest BCUT2D eigenvalue weighted by atomic mass is 9.89. The van der Waals surface area contributed by atoms with Crippen molar-refractivity contribution in [1.29, 1.82) is 0 Å². The fourth-order valence-electron chi connectivity index (χ4n) is 4.97. The average Bonchev–Trinajstić information content (AvgIpc) is 2.90. The molecular formula is C29H33NO10. The van der Waals surface area contributed by atoms with Gasteiger partial charge in [0.15, 0.2) is 12.2 Å². The fourth-order valence-corrected chi connectivity index (χ4v) is 4.97. The van der Waals surface area contributed by atoms with Gasteiger partial charge in [0.25, 0.3) is 0 Å². The van der Waals surface area contributed by atoms with Crippen LogP contribution in [0.15, 0.2) is 51.7 Å². The molecule has 1 saturated heterocycles. The molecule has 214 valence electrons. The van der Waals surface area contributed by atoms with E-state index in [4.69, 9.17) is 29.1 Å². The molecule has 1 aliphatic rings. The number of methoxy groups -OCH3 is 1. The topological polar surface area (TPSA) is 168 Å². The molecule has 4 atom stereocenters. The van der Waals surface area contributed by atoms with Crippen molar-refractivity contribution in [2.45, 2.75) is 70.2 Å². The van der Waals surface area contributed by atoms with Gasteiger partial charge in [-0.2, -0.15) is 0 Å². The molecule has 11 nitrogen and oxygen atoms in total. The number of ether oxygens (including phenoxy) is 4. The molecule has 0 radical (unpaired) electrons. The van der Waals surface area contributed by atoms with Crippen LogP contribution in [0.25, 0.3) is 11.0 Å². The molecule has 3 aromatic rings. The minimum Gasteiger partial charge on any atom is -0.507 e. The molecule has 2 heterocycles. The van der Waals surface area contributed by atoms with E-state index in [1.807, 2.05) is 30.3 Å². The van der Waals surface area contributed by atoms with Crippen LogP contribution in [0.3, 0.4) is 0 Å². The molecule has 4 N–H and O–H groups in total. The Kier molecular flexibility index (Phi) is 8.48. The van der Waals surface area contributed by atoms with Gasteiger partial charge in [0.05, 0.1) is 16.6 Å². The Morgan fingerprint density at radius 1 is 1.12 bits per heavy atom. The van der Waals surface area contributed by atoms with Crippen molar-refractivity contribution in [1.82, 2.24) is 0 Å². The molecule has 0 spiro atoms. The van der Waals surface area contributed by atoms with Crippen LogP contribution in [0, 0.1) is 6.92 Å². The summed E-state index contributed by atoms with van der Waals surface area (Å²) in [5.41, 5.74) is 4.55. The predicted octanol–water partition coefficient (Wildman–Crippen LogP) is 2.90. The fraction of sp³-hybridized carbons (Fsp3) is 0.414. The summed E-state index contributed by atoms with van der Waals surface area (Å²) in [6, 6.07) is 12.5. The third-order valence-electron chi connectivity index (χ3n) is 7.02. The second-order valence-electron chi connectivity index (χ2n) is 10.2. The van der Waals surface area contributed by atoms with E-state index in [-0.39, 0.29) is 46.7 Å². The van der Waals surface area contributed by atoms with Crippen LogP contribution in [-0.2, 0) is 31.8 Å². The lowest BCUT2D eigenvalue weighted by Crippen LogP contribution is -2.65. The van der Waals surface area contributed by atoms with Crippen molar-refractivity contribution in [3.05, 3.63) is 69.6 Å². The first kappa shape index (κ1) is 29.1. The van der Waals surface area contributed by atoms with E-state index in [9.17, 15) is 24.6 Å². The van der Waals surface area contributed by atoms with Gasteiger partial charge in [0.2, 0.25) is 6.29 Å². The first-order valence-electron chi connectivity index (χ1n) is 12.8. The third kappa shape index (κ3) is 5.96. The summed E-state index contributed by atoms with van der Waals surface area (Å²) in [4.78, 5) is 36.9. The Balaban J connectivity index is 1.57. The van der Waals surface area contributed by atoms with Crippen LogP contribution < -0.4 is 16.1 Å². The van der Waals surface area contributed by atoms with Gasteiger partial charge in [-0.25, -0.2) is 9.59 Å². The largest absolute Gasteiger partial charge is 0.507 e. The monoisotopic (exact) mass is 555 g/mol. The summed E-state index contributed by atoms with van der Waals surface area (Å²) in [5.74, 6) is -0.382. The number of aryl methyl sites for hydroxylation is 2. The maximum Gasteiger partial charge on any atom is 0.404 e. The number of primary amides is 1. The zero-order chi connectivity index (χ0) is 29.2. The van der Waals surface area contributed by atoms with E-state index >= 15 is 0 Å². The quantitative estimate of drug-likeness (QED) is 0.334. The highest BCUT2D eigenvalue weighted by Gasteiger charge is 2.53. The zero-order valence-electron chi connectivity index (χ0n) is 22.7. The highest BCUT2D eigenvalue weighted by molar-refractivity contribution is 5.90. The number of rotatable bonds is 9. The number of aliphatic hydroxyl groups is 1. The number of nitrogens with two attached hydrogens (primary N) is 1. The normalized spacial score (nSPS) is 22.1. The van der Waals surface area contributed by atoms with Gasteiger partial charge >= 0.3 is 11.7 Å². The van der Waals surface area contributed by atoms with E-state index in [0.29, 0.717) is 12.0 Å². The van der Waals surface area contributed by atoms with Gasteiger partial charge in [-0.05, 0) is 44.9 Å². The average molecular weight is 556 g/mol. The van der Waals surface area contributed by atoms with Crippen molar-refractivity contribution >= 4 is 22.8 Å². The Bertz CT molecular complexity index is 1450. The molecule has 1 fully saturated rings. The molecule has 0 saturated carbocycles. The Hall–Kier alpha value is -3.93. The number of carbonyl (C=O) groups is 2. The highest BCUT2D eigenvalue weighted by Crippen LogP contribution is 2.37. The number of aromatic hydroxyl groups is 1. The van der Waals surface area contributed by atoms with Crippen molar-refractivity contribution < 1.29 is 43.2 Å². The number of carbonyl (C=O) groups excluding carboxylic acids is 2. The van der Waals surface area contributed by atoms with Gasteiger partial charge in [-0.1, -0.05) is 30.3 Å². The third-order valence-corrected chi connectivity index (χ3v) is 7.02. The van der Waals surface area contributed by atoms with Gasteiger partial charge in [-0.3, -0.25) is 4.79 Å². The Morgan fingerprint density at radius 3 is 2.48 bits per heavy atom. The summed E-state index contributed by atoms with van der Waals surface area (Å²) in [7, 11) is 1.38. The van der Waals surface area contributed by atoms with Crippen LogP contribution in [0.5, 0.6) is 11.5 Å². The molecule has 1 amide bonds. The molecule has 4 rings (SSSR count). The summed E-state index contributed by atoms with van der Waals surface area (Å²) < 4.78 is 27.9. The number of fused-ring (bicyclic) bond motifs is 1. The summed E-state index contributed by atoms with van der Waals surface area (Å²) in [6.45, 7) is 4.95. The van der Waals surface area contributed by atoms with Crippen molar-refractivity contribution in [3.63, 3.8) is 0 Å². The molecule has 0 aliphatic carbocycles. The zero-order valence-corrected chi connectivity index (χ0v) is 22.7. The molecule has 40 heavy (non-hydrogen) atoms. The Morgan fingerprint density at radius 2 is 1.82 bits per heavy atom. The lowest BCUT2D eigenvalue weighted by Gasteiger charge is -2.47. The number of aliphatic hydroxyl groups excluding tert-OH is 1. The molecule has 1 aromatic heterocycles. The summed E-state index contributed by atoms with van der Waals surface area (Å²) in [6.07, 6.45) is -5.49. The molecule has 1 aliphatic heterocycles. The van der Waals surface area contributed by atoms with Crippen LogP contribution in [0.4, 0.5) is 4.79 Å². The highest BCUT2D eigenvalue weighted by atomic mass is 16.7. The number of ketones is 1. The van der Waals surface area contributed by atoms with Crippen molar-refractivity contribution in [2.75, 3.05) is 7.11 Å². The second-order valence-corrected chi connectivity index (χ2v) is 10.2. The first-order valence-corrected chi connectivity index (χ1v) is 12.8. The van der Waals surface area contributed by atoms with Crippen molar-refractivity contribution in [3.8, 4) is 11.5 Å². The minimum atomic E-state index is -1.48. The van der Waals surface area contributed by atoms with E-state index in [1.54, 1.807) is 20.8 Å². The van der Waals surface area contributed by atoms with E-state index in [2.05, 4.69) is 0 Å².